The smallest absolute Gasteiger partial charge is 0.223 e. The molecule has 2 aromatic heterocycles. The van der Waals surface area contributed by atoms with Gasteiger partial charge in [0.2, 0.25) is 5.95 Å². The summed E-state index contributed by atoms with van der Waals surface area (Å²) >= 11 is 0. The SMILES string of the molecule is c1cnc(-c2ccnc(NC3CCCN(CCN4CCOCC4)C3)n2)cn1. The monoisotopic (exact) mass is 369 g/mol. The van der Waals surface area contributed by atoms with E-state index in [2.05, 4.69) is 35.1 Å². The summed E-state index contributed by atoms with van der Waals surface area (Å²) < 4.78 is 5.43. The van der Waals surface area contributed by atoms with Crippen LogP contribution in [-0.4, -0.2) is 88.3 Å². The molecule has 4 heterocycles. The molecule has 1 atom stereocenters. The second-order valence-electron chi connectivity index (χ2n) is 7.09. The van der Waals surface area contributed by atoms with Crippen molar-refractivity contribution in [2.24, 2.45) is 0 Å². The number of hydrogen-bond donors (Lipinski definition) is 1. The lowest BCUT2D eigenvalue weighted by molar-refractivity contribution is 0.0321. The summed E-state index contributed by atoms with van der Waals surface area (Å²) in [6, 6.07) is 2.24. The maximum atomic E-state index is 5.43. The lowest BCUT2D eigenvalue weighted by Gasteiger charge is -2.35. The van der Waals surface area contributed by atoms with Crippen molar-refractivity contribution in [2.45, 2.75) is 18.9 Å². The van der Waals surface area contributed by atoms with Gasteiger partial charge in [-0.3, -0.25) is 14.9 Å². The van der Waals surface area contributed by atoms with Gasteiger partial charge in [-0.2, -0.15) is 0 Å². The van der Waals surface area contributed by atoms with E-state index >= 15 is 0 Å². The fourth-order valence-electron chi connectivity index (χ4n) is 3.67. The second-order valence-corrected chi connectivity index (χ2v) is 7.09. The van der Waals surface area contributed by atoms with Crippen molar-refractivity contribution in [3.8, 4) is 11.4 Å². The maximum Gasteiger partial charge on any atom is 0.223 e. The van der Waals surface area contributed by atoms with Crippen molar-refractivity contribution in [1.82, 2.24) is 29.7 Å². The molecule has 1 N–H and O–H groups in total. The minimum absolute atomic E-state index is 0.376. The molecule has 27 heavy (non-hydrogen) atoms. The molecule has 0 bridgehead atoms. The molecule has 0 saturated carbocycles. The van der Waals surface area contributed by atoms with Gasteiger partial charge in [-0.1, -0.05) is 0 Å². The van der Waals surface area contributed by atoms with Crippen LogP contribution in [0.15, 0.2) is 30.9 Å². The first-order valence-corrected chi connectivity index (χ1v) is 9.75. The Morgan fingerprint density at radius 1 is 1.00 bits per heavy atom. The molecule has 2 fully saturated rings. The molecule has 1 unspecified atom stereocenters. The molecule has 0 spiro atoms. The molecular formula is C19H27N7O. The van der Waals surface area contributed by atoms with Gasteiger partial charge in [0.05, 0.1) is 25.1 Å². The number of rotatable bonds is 6. The third-order valence-corrected chi connectivity index (χ3v) is 5.16. The molecule has 2 aliphatic rings. The van der Waals surface area contributed by atoms with Crippen LogP contribution >= 0.6 is 0 Å². The first-order valence-electron chi connectivity index (χ1n) is 9.75. The largest absolute Gasteiger partial charge is 0.379 e. The van der Waals surface area contributed by atoms with Crippen LogP contribution in [0.4, 0.5) is 5.95 Å². The topological polar surface area (TPSA) is 79.3 Å². The molecule has 8 nitrogen and oxygen atoms in total. The van der Waals surface area contributed by atoms with E-state index in [9.17, 15) is 0 Å². The molecule has 8 heteroatoms. The average molecular weight is 369 g/mol. The minimum Gasteiger partial charge on any atom is -0.379 e. The Morgan fingerprint density at radius 2 is 1.89 bits per heavy atom. The van der Waals surface area contributed by atoms with Crippen LogP contribution in [0, 0.1) is 0 Å². The van der Waals surface area contributed by atoms with Crippen LogP contribution in [-0.2, 0) is 4.74 Å². The Morgan fingerprint density at radius 3 is 2.74 bits per heavy atom. The molecule has 0 radical (unpaired) electrons. The lowest BCUT2D eigenvalue weighted by Crippen LogP contribution is -2.47. The van der Waals surface area contributed by atoms with Crippen molar-refractivity contribution in [3.05, 3.63) is 30.9 Å². The van der Waals surface area contributed by atoms with E-state index in [1.54, 1.807) is 24.8 Å². The number of hydrogen-bond acceptors (Lipinski definition) is 8. The summed E-state index contributed by atoms with van der Waals surface area (Å²) in [4.78, 5) is 22.5. The highest BCUT2D eigenvalue weighted by molar-refractivity contribution is 5.53. The fourth-order valence-corrected chi connectivity index (χ4v) is 3.67. The summed E-state index contributed by atoms with van der Waals surface area (Å²) in [7, 11) is 0. The lowest BCUT2D eigenvalue weighted by atomic mass is 10.1. The predicted molar refractivity (Wildman–Crippen MR) is 103 cm³/mol. The van der Waals surface area contributed by atoms with E-state index < -0.39 is 0 Å². The van der Waals surface area contributed by atoms with Crippen molar-refractivity contribution >= 4 is 5.95 Å². The van der Waals surface area contributed by atoms with E-state index in [0.29, 0.717) is 12.0 Å². The van der Waals surface area contributed by atoms with Crippen molar-refractivity contribution in [2.75, 3.05) is 57.8 Å². The van der Waals surface area contributed by atoms with Crippen LogP contribution in [0.25, 0.3) is 11.4 Å². The Bertz CT molecular complexity index is 708. The number of nitrogens with one attached hydrogen (secondary N) is 1. The normalized spacial score (nSPS) is 21.9. The Kier molecular flexibility index (Phi) is 6.18. The first kappa shape index (κ1) is 18.2. The molecule has 144 valence electrons. The van der Waals surface area contributed by atoms with Gasteiger partial charge in [0.25, 0.3) is 0 Å². The van der Waals surface area contributed by atoms with Gasteiger partial charge in [-0.05, 0) is 25.5 Å². The second kappa shape index (κ2) is 9.16. The van der Waals surface area contributed by atoms with Crippen molar-refractivity contribution in [1.29, 1.82) is 0 Å². The Balaban J connectivity index is 1.31. The van der Waals surface area contributed by atoms with Gasteiger partial charge in [0, 0.05) is 57.4 Å². The van der Waals surface area contributed by atoms with Gasteiger partial charge in [0.15, 0.2) is 0 Å². The maximum absolute atomic E-state index is 5.43. The summed E-state index contributed by atoms with van der Waals surface area (Å²) in [6.45, 7) is 8.27. The number of morpholine rings is 1. The Hall–Kier alpha value is -2.16. The van der Waals surface area contributed by atoms with Crippen LogP contribution < -0.4 is 5.32 Å². The molecule has 2 saturated heterocycles. The quantitative estimate of drug-likeness (QED) is 0.812. The molecule has 0 amide bonds. The van der Waals surface area contributed by atoms with E-state index in [1.165, 1.54) is 13.0 Å². The van der Waals surface area contributed by atoms with Crippen LogP contribution in [0.2, 0.25) is 0 Å². The van der Waals surface area contributed by atoms with E-state index in [1.807, 2.05) is 6.07 Å². The number of aromatic nitrogens is 4. The van der Waals surface area contributed by atoms with E-state index in [-0.39, 0.29) is 0 Å². The third kappa shape index (κ3) is 5.18. The molecule has 0 aliphatic carbocycles. The average Bonchev–Trinajstić information content (AvgIpc) is 2.74. The van der Waals surface area contributed by atoms with Gasteiger partial charge in [-0.25, -0.2) is 9.97 Å². The predicted octanol–water partition coefficient (Wildman–Crippen LogP) is 1.14. The van der Waals surface area contributed by atoms with Crippen LogP contribution in [0.3, 0.4) is 0 Å². The van der Waals surface area contributed by atoms with Gasteiger partial charge in [-0.15, -0.1) is 0 Å². The molecular weight excluding hydrogens is 342 g/mol. The van der Waals surface area contributed by atoms with Gasteiger partial charge >= 0.3 is 0 Å². The molecule has 0 aromatic carbocycles. The minimum atomic E-state index is 0.376. The summed E-state index contributed by atoms with van der Waals surface area (Å²) in [5, 5.41) is 3.51. The number of piperidine rings is 1. The molecule has 2 aromatic rings. The molecule has 4 rings (SSSR count). The highest BCUT2D eigenvalue weighted by atomic mass is 16.5. The van der Waals surface area contributed by atoms with Crippen molar-refractivity contribution < 1.29 is 4.74 Å². The van der Waals surface area contributed by atoms with Gasteiger partial charge in [0.1, 0.15) is 5.69 Å². The number of anilines is 1. The fraction of sp³-hybridized carbons (Fsp3) is 0.579. The summed E-state index contributed by atoms with van der Waals surface area (Å²) in [5.41, 5.74) is 1.55. The zero-order valence-electron chi connectivity index (χ0n) is 15.6. The third-order valence-electron chi connectivity index (χ3n) is 5.16. The van der Waals surface area contributed by atoms with Crippen molar-refractivity contribution in [3.63, 3.8) is 0 Å². The Labute approximate surface area is 160 Å². The number of ether oxygens (including phenoxy) is 1. The first-order chi connectivity index (χ1) is 13.4. The zero-order valence-corrected chi connectivity index (χ0v) is 15.6. The highest BCUT2D eigenvalue weighted by Gasteiger charge is 2.21. The van der Waals surface area contributed by atoms with Crippen LogP contribution in [0.1, 0.15) is 12.8 Å². The van der Waals surface area contributed by atoms with E-state index in [4.69, 9.17) is 4.74 Å². The highest BCUT2D eigenvalue weighted by Crippen LogP contribution is 2.17. The summed E-state index contributed by atoms with van der Waals surface area (Å²) in [5.74, 6) is 0.665. The number of likely N-dealkylation sites (tertiary alicyclic amines) is 1. The zero-order chi connectivity index (χ0) is 18.3. The van der Waals surface area contributed by atoms with Gasteiger partial charge < -0.3 is 15.0 Å². The number of nitrogens with zero attached hydrogens (tertiary/aromatic N) is 6. The van der Waals surface area contributed by atoms with E-state index in [0.717, 1.165) is 63.7 Å². The molecule has 2 aliphatic heterocycles. The van der Waals surface area contributed by atoms with Crippen LogP contribution in [0.5, 0.6) is 0 Å². The standard InChI is InChI=1S/C19H27N7O/c1-2-16(15-26(7-1)9-8-25-10-12-27-13-11-25)23-19-22-4-3-17(24-19)18-14-20-5-6-21-18/h3-6,14,16H,1-2,7-13,15H2,(H,22,23,24). The summed E-state index contributed by atoms with van der Waals surface area (Å²) in [6.07, 6.45) is 9.19.